The molecule has 3 aliphatic rings. The van der Waals surface area contributed by atoms with E-state index in [-0.39, 0.29) is 34.8 Å². The van der Waals surface area contributed by atoms with Crippen LogP contribution in [0.4, 0.5) is 24.5 Å². The summed E-state index contributed by atoms with van der Waals surface area (Å²) < 4.78 is 39.9. The van der Waals surface area contributed by atoms with Gasteiger partial charge in [0, 0.05) is 61.5 Å². The summed E-state index contributed by atoms with van der Waals surface area (Å²) in [6, 6.07) is 20.5. The predicted molar refractivity (Wildman–Crippen MR) is 195 cm³/mol. The molecular formula is C38H42ClF3N4O4S. The molecule has 1 unspecified atom stereocenters. The van der Waals surface area contributed by atoms with Gasteiger partial charge in [0.1, 0.15) is 5.75 Å². The highest BCUT2D eigenvalue weighted by Gasteiger charge is 2.33. The molecule has 8 nitrogen and oxygen atoms in total. The van der Waals surface area contributed by atoms with Crippen LogP contribution in [0.3, 0.4) is 0 Å². The van der Waals surface area contributed by atoms with E-state index in [2.05, 4.69) is 15.1 Å². The summed E-state index contributed by atoms with van der Waals surface area (Å²) in [5.74, 6) is -0.245. The molecule has 51 heavy (non-hydrogen) atoms. The standard InChI is InChI=1S/C22H26F3N3OS.C16H16ClNO3/c23-22(24,25)17-6-7-21-19(16-17)28(18-4-1-2-5-20(18)30-21)9-3-8-26-10-12-27(13-11-26)14-15-29;17-15-11-5-6-18-8-13(9-1-3-10(19)4-2-9)12(11)7-14(20)16(15)21/h1-2,4-7,16,29H,3,8-15H2;1-4,7,13,18-21H,5-6,8H2. The molecule has 1 atom stereocenters. The van der Waals surface area contributed by atoms with E-state index in [1.807, 2.05) is 41.3 Å². The number of fused-ring (bicyclic) bond motifs is 3. The van der Waals surface area contributed by atoms with E-state index in [9.17, 15) is 28.5 Å². The van der Waals surface area contributed by atoms with Gasteiger partial charge in [0.05, 0.1) is 28.6 Å². The van der Waals surface area contributed by atoms with Gasteiger partial charge in [0.15, 0.2) is 11.5 Å². The lowest BCUT2D eigenvalue weighted by Crippen LogP contribution is -2.47. The molecule has 0 aliphatic carbocycles. The highest BCUT2D eigenvalue weighted by Crippen LogP contribution is 2.49. The van der Waals surface area contributed by atoms with Crippen LogP contribution in [0.1, 0.15) is 34.6 Å². The third kappa shape index (κ3) is 8.70. The Morgan fingerprint density at radius 3 is 2.22 bits per heavy atom. The maximum Gasteiger partial charge on any atom is 0.416 e. The second-order valence-electron chi connectivity index (χ2n) is 12.9. The first-order valence-corrected chi connectivity index (χ1v) is 18.3. The Morgan fingerprint density at radius 2 is 1.51 bits per heavy atom. The molecule has 272 valence electrons. The van der Waals surface area contributed by atoms with E-state index in [1.165, 1.54) is 23.9 Å². The van der Waals surface area contributed by atoms with Crippen LogP contribution in [-0.4, -0.2) is 95.7 Å². The molecule has 7 rings (SSSR count). The van der Waals surface area contributed by atoms with Crippen molar-refractivity contribution < 1.29 is 33.6 Å². The first-order valence-electron chi connectivity index (χ1n) is 17.1. The lowest BCUT2D eigenvalue weighted by atomic mass is 9.87. The number of phenolic OH excluding ortho intramolecular Hbond substituents is 3. The maximum absolute atomic E-state index is 13.3. The first kappa shape index (κ1) is 37.1. The Hall–Kier alpha value is -3.65. The summed E-state index contributed by atoms with van der Waals surface area (Å²) in [7, 11) is 0. The predicted octanol–water partition coefficient (Wildman–Crippen LogP) is 7.04. The number of halogens is 4. The zero-order chi connectivity index (χ0) is 36.1. The fraction of sp³-hybridized carbons (Fsp3) is 0.368. The Morgan fingerprint density at radius 1 is 0.824 bits per heavy atom. The number of hydrogen-bond acceptors (Lipinski definition) is 9. The van der Waals surface area contributed by atoms with Gasteiger partial charge in [-0.25, -0.2) is 0 Å². The number of nitrogens with one attached hydrogen (secondary N) is 1. The van der Waals surface area contributed by atoms with E-state index in [0.29, 0.717) is 31.7 Å². The molecule has 4 aromatic carbocycles. The summed E-state index contributed by atoms with van der Waals surface area (Å²) in [6.07, 6.45) is -2.79. The molecule has 1 fully saturated rings. The van der Waals surface area contributed by atoms with Crippen molar-refractivity contribution in [1.82, 2.24) is 15.1 Å². The fourth-order valence-electron chi connectivity index (χ4n) is 6.90. The van der Waals surface area contributed by atoms with Gasteiger partial charge >= 0.3 is 6.18 Å². The minimum Gasteiger partial charge on any atom is -0.508 e. The summed E-state index contributed by atoms with van der Waals surface area (Å²) in [4.78, 5) is 8.62. The number of alkyl halides is 3. The monoisotopic (exact) mass is 742 g/mol. The van der Waals surface area contributed by atoms with Crippen LogP contribution in [0, 0.1) is 0 Å². The molecule has 0 spiro atoms. The van der Waals surface area contributed by atoms with Gasteiger partial charge in [-0.1, -0.05) is 47.6 Å². The zero-order valence-corrected chi connectivity index (χ0v) is 29.6. The van der Waals surface area contributed by atoms with Crippen LogP contribution >= 0.6 is 23.4 Å². The Kier molecular flexibility index (Phi) is 11.9. The summed E-state index contributed by atoms with van der Waals surface area (Å²) >= 11 is 7.72. The van der Waals surface area contributed by atoms with Crippen molar-refractivity contribution in [3.05, 3.63) is 100 Å². The van der Waals surface area contributed by atoms with Gasteiger partial charge in [-0.05, 0) is 91.2 Å². The lowest BCUT2D eigenvalue weighted by molar-refractivity contribution is -0.137. The van der Waals surface area contributed by atoms with Gasteiger partial charge in [-0.3, -0.25) is 4.90 Å². The molecular weight excluding hydrogens is 701 g/mol. The van der Waals surface area contributed by atoms with Gasteiger partial charge < -0.3 is 35.5 Å². The quantitative estimate of drug-likeness (QED) is 0.128. The number of aliphatic hydroxyl groups is 1. The Balaban J connectivity index is 0.000000187. The number of piperazine rings is 1. The minimum absolute atomic E-state index is 0.00657. The number of benzene rings is 4. The van der Waals surface area contributed by atoms with Crippen molar-refractivity contribution in [2.75, 3.05) is 70.4 Å². The van der Waals surface area contributed by atoms with Crippen molar-refractivity contribution >= 4 is 34.7 Å². The third-order valence-electron chi connectivity index (χ3n) is 9.62. The van der Waals surface area contributed by atoms with Crippen LogP contribution in [0.2, 0.25) is 5.02 Å². The zero-order valence-electron chi connectivity index (χ0n) is 28.0. The van der Waals surface area contributed by atoms with Crippen LogP contribution in [0.15, 0.2) is 82.6 Å². The van der Waals surface area contributed by atoms with Crippen LogP contribution in [0.25, 0.3) is 0 Å². The van der Waals surface area contributed by atoms with Gasteiger partial charge in [0.25, 0.3) is 0 Å². The number of nitrogens with zero attached hydrogens (tertiary/aromatic N) is 3. The smallest absolute Gasteiger partial charge is 0.416 e. The van der Waals surface area contributed by atoms with Crippen LogP contribution in [-0.2, 0) is 12.6 Å². The van der Waals surface area contributed by atoms with E-state index in [0.717, 1.165) is 77.9 Å². The second kappa shape index (κ2) is 16.4. The van der Waals surface area contributed by atoms with Gasteiger partial charge in [-0.15, -0.1) is 0 Å². The molecule has 0 amide bonds. The molecule has 0 radical (unpaired) electrons. The number of rotatable bonds is 7. The molecule has 0 bridgehead atoms. The van der Waals surface area contributed by atoms with Crippen LogP contribution < -0.4 is 10.2 Å². The number of aliphatic hydroxyl groups excluding tert-OH is 1. The number of aromatic hydroxyl groups is 3. The Bertz CT molecular complexity index is 1810. The number of para-hydroxylation sites is 1. The summed E-state index contributed by atoms with van der Waals surface area (Å²) in [5, 5.41) is 41.7. The molecule has 0 saturated carbocycles. The molecule has 3 aliphatic heterocycles. The van der Waals surface area contributed by atoms with Crippen LogP contribution in [0.5, 0.6) is 17.2 Å². The van der Waals surface area contributed by atoms with E-state index < -0.39 is 11.7 Å². The number of anilines is 2. The maximum atomic E-state index is 13.3. The average Bonchev–Trinajstić information content (AvgIpc) is 3.34. The van der Waals surface area contributed by atoms with E-state index in [1.54, 1.807) is 24.3 Å². The normalized spacial score (nSPS) is 17.8. The molecule has 0 aromatic heterocycles. The highest BCUT2D eigenvalue weighted by molar-refractivity contribution is 7.99. The topological polar surface area (TPSA) is 103 Å². The highest BCUT2D eigenvalue weighted by atomic mass is 35.5. The van der Waals surface area contributed by atoms with Crippen molar-refractivity contribution in [2.24, 2.45) is 0 Å². The largest absolute Gasteiger partial charge is 0.508 e. The average molecular weight is 743 g/mol. The lowest BCUT2D eigenvalue weighted by Gasteiger charge is -2.36. The molecule has 1 saturated heterocycles. The van der Waals surface area contributed by atoms with Gasteiger partial charge in [-0.2, -0.15) is 13.2 Å². The number of phenols is 3. The summed E-state index contributed by atoms with van der Waals surface area (Å²) in [6.45, 7) is 7.76. The van der Waals surface area contributed by atoms with Crippen molar-refractivity contribution in [2.45, 2.75) is 34.7 Å². The van der Waals surface area contributed by atoms with Gasteiger partial charge in [0.2, 0.25) is 0 Å². The first-order chi connectivity index (χ1) is 24.5. The van der Waals surface area contributed by atoms with E-state index >= 15 is 0 Å². The van der Waals surface area contributed by atoms with Crippen molar-refractivity contribution in [1.29, 1.82) is 0 Å². The second-order valence-corrected chi connectivity index (χ2v) is 14.3. The SMILES string of the molecule is OCCN1CCN(CCCN2c3ccccc3Sc3ccc(C(F)(F)F)cc32)CC1.Oc1ccc(C2CNCCc3c2cc(O)c(O)c3Cl)cc1. The number of β-amino-alcohol motifs (C(OH)–C–C–N with tert-alkyl or cyclic N) is 1. The fourth-order valence-corrected chi connectivity index (χ4v) is 8.28. The van der Waals surface area contributed by atoms with E-state index in [4.69, 9.17) is 16.7 Å². The number of hydrogen-bond donors (Lipinski definition) is 5. The Labute approximate surface area is 305 Å². The van der Waals surface area contributed by atoms with Crippen molar-refractivity contribution in [3.63, 3.8) is 0 Å². The summed E-state index contributed by atoms with van der Waals surface area (Å²) in [5.41, 5.74) is 3.79. The minimum atomic E-state index is -4.35. The molecule has 5 N–H and O–H groups in total. The molecule has 13 heteroatoms. The van der Waals surface area contributed by atoms with Crippen molar-refractivity contribution in [3.8, 4) is 17.2 Å². The molecule has 3 heterocycles. The molecule has 4 aromatic rings. The third-order valence-corrected chi connectivity index (χ3v) is 11.2.